The second kappa shape index (κ2) is 16.9. The first-order valence-electron chi connectivity index (χ1n) is 25.2. The molecule has 0 unspecified atom stereocenters. The van der Waals surface area contributed by atoms with Crippen molar-refractivity contribution in [1.29, 1.82) is 10.5 Å². The summed E-state index contributed by atoms with van der Waals surface area (Å²) < 4.78 is 18.2. The third kappa shape index (κ3) is 6.35. The Kier molecular flexibility index (Phi) is 9.52. The van der Waals surface area contributed by atoms with Crippen LogP contribution in [0.15, 0.2) is 251 Å². The topological polar surface area (TPSA) is 90.2 Å². The average Bonchev–Trinajstić information content (AvgIpc) is 4.39. The summed E-state index contributed by atoms with van der Waals surface area (Å²) in [5.74, 6) is 0. The zero-order chi connectivity index (χ0) is 50.4. The fourth-order valence-electron chi connectivity index (χ4n) is 11.7. The van der Waals surface area contributed by atoms with E-state index >= 15 is 0 Å². The number of nitriles is 2. The van der Waals surface area contributed by atoms with Crippen LogP contribution in [0, 0.1) is 22.7 Å². The summed E-state index contributed by atoms with van der Waals surface area (Å²) in [6.45, 7) is 0. The van der Waals surface area contributed by atoms with Gasteiger partial charge in [0.05, 0.1) is 55.3 Å². The Labute approximate surface area is 435 Å². The molecule has 4 aromatic heterocycles. The maximum Gasteiger partial charge on any atom is 0.145 e. The SMILES string of the molecule is N#Cc1ccc(C#N)c(-n2c3ccc(N(c4ccccc4)c4ccccc4)cc3c3c4oc5ccccc5c4ccc32)c1-n1c2ccc(N(c3ccccc3)c3ccccc3)cc2c2c3oc4ccccc4c3ccc21. The van der Waals surface area contributed by atoms with E-state index in [0.717, 1.165) is 122 Å². The van der Waals surface area contributed by atoms with Gasteiger partial charge in [0, 0.05) is 66.4 Å². The fraction of sp³-hybridized carbons (Fsp3) is 0. The first-order valence-corrected chi connectivity index (χ1v) is 25.2. The number of hydrogen-bond acceptors (Lipinski definition) is 6. The monoisotopic (exact) mass is 972 g/mol. The van der Waals surface area contributed by atoms with Gasteiger partial charge in [0.2, 0.25) is 0 Å². The van der Waals surface area contributed by atoms with Crippen LogP contribution in [-0.2, 0) is 0 Å². The van der Waals surface area contributed by atoms with Crippen LogP contribution in [0.25, 0.3) is 98.9 Å². The van der Waals surface area contributed by atoms with Crippen molar-refractivity contribution >= 4 is 122 Å². The lowest BCUT2D eigenvalue weighted by Crippen LogP contribution is -2.10. The Morgan fingerprint density at radius 1 is 0.303 bits per heavy atom. The van der Waals surface area contributed by atoms with Gasteiger partial charge in [0.1, 0.15) is 34.5 Å². The largest absolute Gasteiger partial charge is 0.455 e. The predicted octanol–water partition coefficient (Wildman–Crippen LogP) is 18.4. The fourth-order valence-corrected chi connectivity index (χ4v) is 11.7. The van der Waals surface area contributed by atoms with Crippen LogP contribution < -0.4 is 9.80 Å². The molecule has 0 saturated carbocycles. The summed E-state index contributed by atoms with van der Waals surface area (Å²) in [6, 6.07) is 88.0. The van der Waals surface area contributed by atoms with E-state index in [0.29, 0.717) is 22.5 Å². The van der Waals surface area contributed by atoms with Gasteiger partial charge in [-0.25, -0.2) is 0 Å². The van der Waals surface area contributed by atoms with E-state index in [-0.39, 0.29) is 0 Å². The highest BCUT2D eigenvalue weighted by Gasteiger charge is 2.29. The van der Waals surface area contributed by atoms with Crippen LogP contribution in [0.5, 0.6) is 0 Å². The highest BCUT2D eigenvalue weighted by Crippen LogP contribution is 2.48. The van der Waals surface area contributed by atoms with Crippen LogP contribution in [0.1, 0.15) is 11.1 Å². The lowest BCUT2D eigenvalue weighted by molar-refractivity contribution is 0.672. The number of nitrogens with zero attached hydrogens (tertiary/aromatic N) is 6. The number of rotatable bonds is 8. The standard InChI is InChI=1S/C68H40N6O2/c69-41-43-29-30-44(42-70)66(74-58-36-32-50(72(47-21-9-3-10-22-47)48-23-11-4-12-24-48)40-56(58)64-60(74)38-34-54-52-26-14-16-28-62(52)76-68(54)64)65(43)73-57-35-31-49(71(45-17-5-1-6-18-45)46-19-7-2-8-20-46)39-55(57)63-59(73)37-33-53-51-25-13-15-27-61(51)75-67(53)63/h1-40H. The first-order chi connectivity index (χ1) is 37.6. The smallest absolute Gasteiger partial charge is 0.145 e. The molecule has 0 saturated heterocycles. The van der Waals surface area contributed by atoms with Crippen molar-refractivity contribution in [3.05, 3.63) is 254 Å². The number of fused-ring (bicyclic) bond motifs is 14. The quantitative estimate of drug-likeness (QED) is 0.151. The third-order valence-electron chi connectivity index (χ3n) is 14.9. The molecule has 15 rings (SSSR count). The molecule has 0 fully saturated rings. The van der Waals surface area contributed by atoms with Crippen LogP contribution in [0.2, 0.25) is 0 Å². The highest BCUT2D eigenvalue weighted by atomic mass is 16.3. The molecule has 4 heterocycles. The van der Waals surface area contributed by atoms with Crippen molar-refractivity contribution in [3.63, 3.8) is 0 Å². The molecule has 354 valence electrons. The molecule has 8 heteroatoms. The summed E-state index contributed by atoms with van der Waals surface area (Å²) in [5, 5.41) is 30.5. The van der Waals surface area contributed by atoms with E-state index < -0.39 is 0 Å². The summed E-state index contributed by atoms with van der Waals surface area (Å²) >= 11 is 0. The van der Waals surface area contributed by atoms with E-state index in [9.17, 15) is 10.5 Å². The molecule has 0 amide bonds. The van der Waals surface area contributed by atoms with E-state index in [1.807, 2.05) is 60.7 Å². The van der Waals surface area contributed by atoms with E-state index in [2.05, 4.69) is 201 Å². The molecule has 0 N–H and O–H groups in total. The Hall–Kier alpha value is -10.8. The zero-order valence-electron chi connectivity index (χ0n) is 40.6. The lowest BCUT2D eigenvalue weighted by atomic mass is 10.0. The predicted molar refractivity (Wildman–Crippen MR) is 308 cm³/mol. The van der Waals surface area contributed by atoms with Crippen LogP contribution in [0.3, 0.4) is 0 Å². The van der Waals surface area contributed by atoms with Crippen molar-refractivity contribution in [3.8, 4) is 23.5 Å². The van der Waals surface area contributed by atoms with Crippen LogP contribution in [-0.4, -0.2) is 9.13 Å². The molecule has 11 aromatic carbocycles. The van der Waals surface area contributed by atoms with Crippen molar-refractivity contribution in [2.45, 2.75) is 0 Å². The van der Waals surface area contributed by atoms with E-state index in [4.69, 9.17) is 8.83 Å². The number of aromatic nitrogens is 2. The van der Waals surface area contributed by atoms with E-state index in [1.54, 1.807) is 12.1 Å². The Morgan fingerprint density at radius 2 is 0.645 bits per heavy atom. The van der Waals surface area contributed by atoms with E-state index in [1.165, 1.54) is 0 Å². The Morgan fingerprint density at radius 3 is 1.01 bits per heavy atom. The number of hydrogen-bond donors (Lipinski definition) is 0. The minimum atomic E-state index is 0.396. The minimum Gasteiger partial charge on any atom is -0.455 e. The Balaban J connectivity index is 1.07. The molecule has 0 aliphatic heterocycles. The highest BCUT2D eigenvalue weighted by molar-refractivity contribution is 6.26. The van der Waals surface area contributed by atoms with Crippen molar-refractivity contribution in [2.75, 3.05) is 9.80 Å². The number of furan rings is 2. The van der Waals surface area contributed by atoms with Gasteiger partial charge in [-0.05, 0) is 133 Å². The number of anilines is 6. The first kappa shape index (κ1) is 42.8. The van der Waals surface area contributed by atoms with Gasteiger partial charge in [-0.15, -0.1) is 0 Å². The third-order valence-corrected chi connectivity index (χ3v) is 14.9. The lowest BCUT2D eigenvalue weighted by Gasteiger charge is -2.26. The summed E-state index contributed by atoms with van der Waals surface area (Å²) in [6.07, 6.45) is 0. The zero-order valence-corrected chi connectivity index (χ0v) is 40.6. The van der Waals surface area contributed by atoms with Gasteiger partial charge in [-0.3, -0.25) is 0 Å². The second-order valence-electron chi connectivity index (χ2n) is 19.0. The molecule has 0 atom stereocenters. The molecule has 0 aliphatic carbocycles. The maximum absolute atomic E-state index is 11.4. The van der Waals surface area contributed by atoms with Gasteiger partial charge in [-0.1, -0.05) is 109 Å². The number of para-hydroxylation sites is 6. The molecule has 0 bridgehead atoms. The van der Waals surface area contributed by atoms with Crippen LogP contribution in [0.4, 0.5) is 34.1 Å². The molecule has 0 radical (unpaired) electrons. The van der Waals surface area contributed by atoms with Crippen molar-refractivity contribution in [1.82, 2.24) is 9.13 Å². The maximum atomic E-state index is 11.4. The summed E-state index contributed by atoms with van der Waals surface area (Å²) in [4.78, 5) is 4.51. The van der Waals surface area contributed by atoms with Gasteiger partial charge in [-0.2, -0.15) is 10.5 Å². The Bertz CT molecular complexity index is 4510. The van der Waals surface area contributed by atoms with Gasteiger partial charge in [0.15, 0.2) is 0 Å². The molecule has 0 spiro atoms. The molecule has 76 heavy (non-hydrogen) atoms. The minimum absolute atomic E-state index is 0.396. The molecule has 0 aliphatic rings. The normalized spacial score (nSPS) is 11.7. The van der Waals surface area contributed by atoms with Crippen LogP contribution >= 0.6 is 0 Å². The summed E-state index contributed by atoms with van der Waals surface area (Å²) in [5.41, 5.74) is 14.2. The van der Waals surface area contributed by atoms with Gasteiger partial charge < -0.3 is 27.8 Å². The average molecular weight is 973 g/mol. The number of benzene rings is 11. The molecular weight excluding hydrogens is 933 g/mol. The molecular formula is C68H40N6O2. The van der Waals surface area contributed by atoms with Gasteiger partial charge >= 0.3 is 0 Å². The van der Waals surface area contributed by atoms with Crippen molar-refractivity contribution in [2.24, 2.45) is 0 Å². The molecule has 15 aromatic rings. The summed E-state index contributed by atoms with van der Waals surface area (Å²) in [7, 11) is 0. The second-order valence-corrected chi connectivity index (χ2v) is 19.0. The van der Waals surface area contributed by atoms with Crippen molar-refractivity contribution < 1.29 is 8.83 Å². The van der Waals surface area contributed by atoms with Gasteiger partial charge in [0.25, 0.3) is 0 Å². The molecule has 8 nitrogen and oxygen atoms in total.